The van der Waals surface area contributed by atoms with E-state index in [-0.39, 0.29) is 6.10 Å². The van der Waals surface area contributed by atoms with Crippen molar-refractivity contribution in [1.29, 1.82) is 0 Å². The topological polar surface area (TPSA) is 76.0 Å². The number of nitrogens with zero attached hydrogens (tertiary/aromatic N) is 4. The molecule has 1 aromatic rings. The van der Waals surface area contributed by atoms with Gasteiger partial charge in [-0.3, -0.25) is 14.9 Å². The number of hydrogen-bond acceptors (Lipinski definition) is 5. The van der Waals surface area contributed by atoms with Crippen molar-refractivity contribution < 1.29 is 5.11 Å². The molecule has 2 aliphatic heterocycles. The lowest BCUT2D eigenvalue weighted by Crippen LogP contribution is -2.48. The minimum Gasteiger partial charge on any atom is -0.393 e. The second-order valence-electron chi connectivity index (χ2n) is 8.20. The second kappa shape index (κ2) is 12.1. The fourth-order valence-corrected chi connectivity index (χ4v) is 4.10. The Morgan fingerprint density at radius 3 is 2.59 bits per heavy atom. The smallest absolute Gasteiger partial charge is 0.191 e. The van der Waals surface area contributed by atoms with Crippen LogP contribution in [0.3, 0.4) is 0 Å². The predicted octanol–water partition coefficient (Wildman–Crippen LogP) is 1.45. The zero-order valence-electron chi connectivity index (χ0n) is 17.9. The van der Waals surface area contributed by atoms with Crippen LogP contribution in [0.1, 0.15) is 44.7 Å². The molecule has 0 amide bonds. The zero-order valence-corrected chi connectivity index (χ0v) is 17.9. The predicted molar refractivity (Wildman–Crippen MR) is 118 cm³/mol. The highest BCUT2D eigenvalue weighted by molar-refractivity contribution is 5.80. The third kappa shape index (κ3) is 7.91. The van der Waals surface area contributed by atoms with Crippen molar-refractivity contribution in [3.8, 4) is 0 Å². The van der Waals surface area contributed by atoms with Crippen molar-refractivity contribution in [2.24, 2.45) is 4.99 Å². The summed E-state index contributed by atoms with van der Waals surface area (Å²) in [5, 5.41) is 16.6. The number of aliphatic hydroxyl groups is 1. The van der Waals surface area contributed by atoms with Gasteiger partial charge in [0.05, 0.1) is 11.8 Å². The molecule has 3 heterocycles. The summed E-state index contributed by atoms with van der Waals surface area (Å²) in [6.07, 6.45) is 6.93. The third-order valence-electron chi connectivity index (χ3n) is 5.84. The Morgan fingerprint density at radius 2 is 1.90 bits per heavy atom. The van der Waals surface area contributed by atoms with Gasteiger partial charge in [-0.05, 0) is 57.7 Å². The molecule has 1 aromatic heterocycles. The lowest BCUT2D eigenvalue weighted by Gasteiger charge is -2.33. The van der Waals surface area contributed by atoms with Crippen molar-refractivity contribution in [3.05, 3.63) is 30.1 Å². The number of hydrogen-bond donors (Lipinski definition) is 3. The summed E-state index contributed by atoms with van der Waals surface area (Å²) in [6, 6.07) is 6.62. The molecule has 7 nitrogen and oxygen atoms in total. The first-order valence-corrected chi connectivity index (χ1v) is 11.3. The second-order valence-corrected chi connectivity index (χ2v) is 8.20. The molecular formula is C22H38N6O. The summed E-state index contributed by atoms with van der Waals surface area (Å²) in [5.74, 6) is 0.949. The molecule has 0 aromatic carbocycles. The van der Waals surface area contributed by atoms with Crippen LogP contribution in [-0.2, 0) is 6.54 Å². The van der Waals surface area contributed by atoms with E-state index in [9.17, 15) is 5.11 Å². The minimum absolute atomic E-state index is 0.0933. The van der Waals surface area contributed by atoms with E-state index in [0.29, 0.717) is 6.04 Å². The van der Waals surface area contributed by atoms with Gasteiger partial charge in [-0.2, -0.15) is 0 Å². The molecule has 0 radical (unpaired) electrons. The van der Waals surface area contributed by atoms with E-state index in [4.69, 9.17) is 4.99 Å². The summed E-state index contributed by atoms with van der Waals surface area (Å²) in [6.45, 7) is 10.1. The van der Waals surface area contributed by atoms with E-state index in [1.807, 2.05) is 12.3 Å². The highest BCUT2D eigenvalue weighted by Gasteiger charge is 2.20. The maximum absolute atomic E-state index is 9.61. The van der Waals surface area contributed by atoms with Crippen LogP contribution in [-0.4, -0.2) is 83.8 Å². The minimum atomic E-state index is -0.0933. The van der Waals surface area contributed by atoms with E-state index < -0.39 is 0 Å². The number of nitrogens with one attached hydrogen (secondary N) is 2. The summed E-state index contributed by atoms with van der Waals surface area (Å²) >= 11 is 0. The Balaban J connectivity index is 1.35. The summed E-state index contributed by atoms with van der Waals surface area (Å²) < 4.78 is 0. The molecule has 0 spiro atoms. The summed E-state index contributed by atoms with van der Waals surface area (Å²) in [7, 11) is 0. The fourth-order valence-electron chi connectivity index (χ4n) is 4.10. The monoisotopic (exact) mass is 402 g/mol. The van der Waals surface area contributed by atoms with Crippen molar-refractivity contribution in [3.63, 3.8) is 0 Å². The van der Waals surface area contributed by atoms with E-state index in [1.165, 1.54) is 0 Å². The number of pyridine rings is 1. The van der Waals surface area contributed by atoms with Crippen LogP contribution in [0.4, 0.5) is 0 Å². The average molecular weight is 403 g/mol. The molecule has 7 heteroatoms. The molecule has 0 bridgehead atoms. The van der Waals surface area contributed by atoms with E-state index in [2.05, 4.69) is 44.5 Å². The van der Waals surface area contributed by atoms with Gasteiger partial charge in [0.15, 0.2) is 5.96 Å². The molecule has 0 atom stereocenters. The standard InChI is InChI=1S/C22H38N6O/c1-2-23-22(25-12-5-13-27-16-9-21(29)10-17-27)26-19-7-14-28(15-8-19)18-20-6-3-4-11-24-20/h3-4,6,11,19,21,29H,2,5,7-10,12-18H2,1H3,(H2,23,25,26). The van der Waals surface area contributed by atoms with Gasteiger partial charge in [0.1, 0.15) is 0 Å². The fraction of sp³-hybridized carbons (Fsp3) is 0.727. The van der Waals surface area contributed by atoms with Crippen LogP contribution in [0.2, 0.25) is 0 Å². The average Bonchev–Trinajstić information content (AvgIpc) is 2.75. The number of aromatic nitrogens is 1. The summed E-state index contributed by atoms with van der Waals surface area (Å²) in [5.41, 5.74) is 1.15. The molecule has 0 unspecified atom stereocenters. The van der Waals surface area contributed by atoms with Crippen LogP contribution >= 0.6 is 0 Å². The highest BCUT2D eigenvalue weighted by atomic mass is 16.3. The summed E-state index contributed by atoms with van der Waals surface area (Å²) in [4.78, 5) is 14.2. The molecule has 2 fully saturated rings. The maximum atomic E-state index is 9.61. The van der Waals surface area contributed by atoms with Crippen molar-refractivity contribution >= 4 is 5.96 Å². The van der Waals surface area contributed by atoms with Gasteiger partial charge in [0, 0.05) is 58.1 Å². The molecular weight excluding hydrogens is 364 g/mol. The van der Waals surface area contributed by atoms with Crippen LogP contribution in [0.25, 0.3) is 0 Å². The molecule has 3 N–H and O–H groups in total. The highest BCUT2D eigenvalue weighted by Crippen LogP contribution is 2.13. The first kappa shape index (κ1) is 22.0. The first-order valence-electron chi connectivity index (χ1n) is 11.3. The van der Waals surface area contributed by atoms with Crippen LogP contribution < -0.4 is 10.6 Å². The number of piperidine rings is 2. The number of guanidine groups is 1. The van der Waals surface area contributed by atoms with Gasteiger partial charge in [0.2, 0.25) is 0 Å². The van der Waals surface area contributed by atoms with Gasteiger partial charge in [0.25, 0.3) is 0 Å². The SMILES string of the molecule is CCNC(=NCCCN1CCC(O)CC1)NC1CCN(Cc2ccccn2)CC1. The van der Waals surface area contributed by atoms with Gasteiger partial charge >= 0.3 is 0 Å². The Bertz CT molecular complexity index is 595. The Morgan fingerprint density at radius 1 is 1.14 bits per heavy atom. The van der Waals surface area contributed by atoms with Crippen LogP contribution in [0.5, 0.6) is 0 Å². The Hall–Kier alpha value is -1.70. The van der Waals surface area contributed by atoms with Crippen LogP contribution in [0, 0.1) is 0 Å². The van der Waals surface area contributed by atoms with Crippen molar-refractivity contribution in [2.45, 2.75) is 57.7 Å². The zero-order chi connectivity index (χ0) is 20.3. The Labute approximate surface area is 175 Å². The third-order valence-corrected chi connectivity index (χ3v) is 5.84. The van der Waals surface area contributed by atoms with Gasteiger partial charge in [-0.1, -0.05) is 6.07 Å². The Kier molecular flexibility index (Phi) is 9.18. The number of aliphatic imine (C=N–C) groups is 1. The van der Waals surface area contributed by atoms with Crippen molar-refractivity contribution in [1.82, 2.24) is 25.4 Å². The quantitative estimate of drug-likeness (QED) is 0.347. The van der Waals surface area contributed by atoms with Crippen LogP contribution in [0.15, 0.2) is 29.4 Å². The van der Waals surface area contributed by atoms with Gasteiger partial charge < -0.3 is 20.6 Å². The molecule has 3 rings (SSSR count). The largest absolute Gasteiger partial charge is 0.393 e. The number of likely N-dealkylation sites (tertiary alicyclic amines) is 2. The molecule has 162 valence electrons. The molecule has 29 heavy (non-hydrogen) atoms. The van der Waals surface area contributed by atoms with E-state index in [0.717, 1.165) is 96.1 Å². The lowest BCUT2D eigenvalue weighted by molar-refractivity contribution is 0.0824. The molecule has 2 aliphatic rings. The first-order chi connectivity index (χ1) is 14.2. The van der Waals surface area contributed by atoms with Gasteiger partial charge in [-0.15, -0.1) is 0 Å². The normalized spacial score (nSPS) is 20.7. The van der Waals surface area contributed by atoms with E-state index in [1.54, 1.807) is 0 Å². The number of rotatable bonds is 8. The lowest BCUT2D eigenvalue weighted by atomic mass is 10.0. The van der Waals surface area contributed by atoms with Crippen molar-refractivity contribution in [2.75, 3.05) is 45.8 Å². The van der Waals surface area contributed by atoms with E-state index >= 15 is 0 Å². The molecule has 0 aliphatic carbocycles. The molecule has 0 saturated carbocycles. The molecule has 2 saturated heterocycles. The number of aliphatic hydroxyl groups excluding tert-OH is 1. The maximum Gasteiger partial charge on any atom is 0.191 e. The van der Waals surface area contributed by atoms with Gasteiger partial charge in [-0.25, -0.2) is 0 Å².